The Morgan fingerprint density at radius 3 is 2.60 bits per heavy atom. The average Bonchev–Trinajstić information content (AvgIpc) is 2.63. The molecule has 0 aliphatic carbocycles. The predicted octanol–water partition coefficient (Wildman–Crippen LogP) is 1.15. The van der Waals surface area contributed by atoms with E-state index in [0.29, 0.717) is 16.8 Å². The molecule has 0 aromatic carbocycles. The van der Waals surface area contributed by atoms with Crippen LogP contribution in [0.15, 0.2) is 16.3 Å². The number of thiophene rings is 1. The lowest BCUT2D eigenvalue weighted by Crippen LogP contribution is -2.21. The van der Waals surface area contributed by atoms with E-state index in [0.717, 1.165) is 4.88 Å². The minimum atomic E-state index is -3.28. The quantitative estimate of drug-likeness (QED) is 0.822. The molecule has 0 unspecified atom stereocenters. The topological polar surface area (TPSA) is 58.2 Å². The second-order valence-electron chi connectivity index (χ2n) is 3.46. The van der Waals surface area contributed by atoms with Crippen LogP contribution in [0.3, 0.4) is 0 Å². The van der Waals surface area contributed by atoms with Crippen LogP contribution in [0.1, 0.15) is 18.7 Å². The van der Waals surface area contributed by atoms with Crippen molar-refractivity contribution in [3.05, 3.63) is 17.0 Å². The molecule has 0 radical (unpaired) electrons. The fraction of sp³-hybridized carbons (Fsp3) is 0.556. The van der Waals surface area contributed by atoms with E-state index in [4.69, 9.17) is 0 Å². The molecule has 0 fully saturated rings. The maximum atomic E-state index is 11.4. The van der Waals surface area contributed by atoms with Gasteiger partial charge in [0.1, 0.15) is 4.21 Å². The Labute approximate surface area is 94.8 Å². The highest BCUT2D eigenvalue weighted by molar-refractivity contribution is 7.91. The summed E-state index contributed by atoms with van der Waals surface area (Å²) >= 11 is 1.29. The smallest absolute Gasteiger partial charge is 0.249 e. The van der Waals surface area contributed by atoms with Crippen molar-refractivity contribution in [1.82, 2.24) is 10.0 Å². The molecule has 15 heavy (non-hydrogen) atoms. The van der Waals surface area contributed by atoms with Crippen LogP contribution in [0.5, 0.6) is 0 Å². The highest BCUT2D eigenvalue weighted by Crippen LogP contribution is 2.20. The molecule has 0 aliphatic heterocycles. The number of sulfonamides is 1. The van der Waals surface area contributed by atoms with Crippen molar-refractivity contribution in [2.75, 3.05) is 7.05 Å². The molecule has 2 N–H and O–H groups in total. The zero-order valence-corrected chi connectivity index (χ0v) is 10.7. The SMILES string of the molecule is CNS(=O)(=O)c1ccc(CNC(C)C)s1. The van der Waals surface area contributed by atoms with Crippen LogP contribution in [0.4, 0.5) is 0 Å². The maximum absolute atomic E-state index is 11.4. The van der Waals surface area contributed by atoms with Crippen LogP contribution in [-0.4, -0.2) is 21.5 Å². The Kier molecular flexibility index (Phi) is 4.27. The summed E-state index contributed by atoms with van der Waals surface area (Å²) in [5.41, 5.74) is 0. The van der Waals surface area contributed by atoms with Crippen LogP contribution < -0.4 is 10.0 Å². The third kappa shape index (κ3) is 3.57. The molecule has 86 valence electrons. The number of rotatable bonds is 5. The van der Waals surface area contributed by atoms with Gasteiger partial charge >= 0.3 is 0 Å². The van der Waals surface area contributed by atoms with Crippen LogP contribution in [0.2, 0.25) is 0 Å². The van der Waals surface area contributed by atoms with Crippen molar-refractivity contribution in [3.63, 3.8) is 0 Å². The Bertz CT molecular complexity index is 410. The van der Waals surface area contributed by atoms with Gasteiger partial charge in [0.05, 0.1) is 0 Å². The van der Waals surface area contributed by atoms with E-state index in [9.17, 15) is 8.42 Å². The summed E-state index contributed by atoms with van der Waals surface area (Å²) in [5.74, 6) is 0. The van der Waals surface area contributed by atoms with Gasteiger partial charge in [0.2, 0.25) is 10.0 Å². The van der Waals surface area contributed by atoms with Gasteiger partial charge in [0, 0.05) is 17.5 Å². The molecule has 1 aromatic heterocycles. The van der Waals surface area contributed by atoms with E-state index in [1.165, 1.54) is 18.4 Å². The molecular formula is C9H16N2O2S2. The number of nitrogens with one attached hydrogen (secondary N) is 2. The van der Waals surface area contributed by atoms with Crippen molar-refractivity contribution in [2.45, 2.75) is 30.6 Å². The second-order valence-corrected chi connectivity index (χ2v) is 6.75. The second kappa shape index (κ2) is 5.07. The van der Waals surface area contributed by atoms with E-state index in [-0.39, 0.29) is 0 Å². The molecule has 0 saturated heterocycles. The lowest BCUT2D eigenvalue weighted by molar-refractivity contribution is 0.590. The summed E-state index contributed by atoms with van der Waals surface area (Å²) in [4.78, 5) is 1.03. The van der Waals surface area contributed by atoms with Crippen LogP contribution >= 0.6 is 11.3 Å². The minimum absolute atomic E-state index is 0.366. The van der Waals surface area contributed by atoms with Crippen LogP contribution in [0, 0.1) is 0 Å². The van der Waals surface area contributed by atoms with Gasteiger partial charge in [-0.05, 0) is 19.2 Å². The summed E-state index contributed by atoms with van der Waals surface area (Å²) < 4.78 is 25.5. The first kappa shape index (κ1) is 12.6. The Balaban J connectivity index is 2.73. The van der Waals surface area contributed by atoms with Crippen molar-refractivity contribution >= 4 is 21.4 Å². The first-order valence-electron chi connectivity index (χ1n) is 4.71. The summed E-state index contributed by atoms with van der Waals surface area (Å²) in [6.45, 7) is 4.82. The van der Waals surface area contributed by atoms with Crippen molar-refractivity contribution in [1.29, 1.82) is 0 Å². The molecule has 1 heterocycles. The van der Waals surface area contributed by atoms with Crippen molar-refractivity contribution < 1.29 is 8.42 Å². The molecule has 4 nitrogen and oxygen atoms in total. The zero-order chi connectivity index (χ0) is 11.5. The maximum Gasteiger partial charge on any atom is 0.249 e. The van der Waals surface area contributed by atoms with E-state index in [1.54, 1.807) is 6.07 Å². The molecular weight excluding hydrogens is 232 g/mol. The molecule has 0 spiro atoms. The fourth-order valence-corrected chi connectivity index (χ4v) is 3.15. The van der Waals surface area contributed by atoms with Gasteiger partial charge in [-0.2, -0.15) is 0 Å². The largest absolute Gasteiger partial charge is 0.310 e. The van der Waals surface area contributed by atoms with Crippen LogP contribution in [-0.2, 0) is 16.6 Å². The Hall–Kier alpha value is -0.430. The molecule has 0 amide bonds. The molecule has 0 bridgehead atoms. The van der Waals surface area contributed by atoms with E-state index < -0.39 is 10.0 Å². The van der Waals surface area contributed by atoms with Gasteiger partial charge in [0.25, 0.3) is 0 Å². The summed E-state index contributed by atoms with van der Waals surface area (Å²) in [6.07, 6.45) is 0. The minimum Gasteiger partial charge on any atom is -0.310 e. The number of hydrogen-bond donors (Lipinski definition) is 2. The van der Waals surface area contributed by atoms with Crippen LogP contribution in [0.25, 0.3) is 0 Å². The van der Waals surface area contributed by atoms with Gasteiger partial charge in [-0.25, -0.2) is 13.1 Å². The standard InChI is InChI=1S/C9H16N2O2S2/c1-7(2)11-6-8-4-5-9(14-8)15(12,13)10-3/h4-5,7,10-11H,6H2,1-3H3. The van der Waals surface area contributed by atoms with E-state index in [1.807, 2.05) is 6.07 Å². The lowest BCUT2D eigenvalue weighted by Gasteiger charge is -2.05. The highest BCUT2D eigenvalue weighted by Gasteiger charge is 2.13. The number of hydrogen-bond acceptors (Lipinski definition) is 4. The molecule has 0 atom stereocenters. The molecule has 0 saturated carbocycles. The van der Waals surface area contributed by atoms with E-state index in [2.05, 4.69) is 23.9 Å². The van der Waals surface area contributed by atoms with Gasteiger partial charge in [-0.3, -0.25) is 0 Å². The predicted molar refractivity (Wildman–Crippen MR) is 62.5 cm³/mol. The van der Waals surface area contributed by atoms with Gasteiger partial charge < -0.3 is 5.32 Å². The van der Waals surface area contributed by atoms with E-state index >= 15 is 0 Å². The zero-order valence-electron chi connectivity index (χ0n) is 9.07. The van der Waals surface area contributed by atoms with Gasteiger partial charge in [-0.1, -0.05) is 13.8 Å². The van der Waals surface area contributed by atoms with Gasteiger partial charge in [-0.15, -0.1) is 11.3 Å². The highest BCUT2D eigenvalue weighted by atomic mass is 32.2. The fourth-order valence-electron chi connectivity index (χ4n) is 1.00. The summed E-state index contributed by atoms with van der Waals surface area (Å²) in [5, 5.41) is 3.24. The third-order valence-electron chi connectivity index (χ3n) is 1.86. The molecule has 1 aromatic rings. The normalized spacial score (nSPS) is 12.3. The van der Waals surface area contributed by atoms with Crippen molar-refractivity contribution in [3.8, 4) is 0 Å². The molecule has 6 heteroatoms. The molecule has 0 aliphatic rings. The van der Waals surface area contributed by atoms with Gasteiger partial charge in [0.15, 0.2) is 0 Å². The monoisotopic (exact) mass is 248 g/mol. The Morgan fingerprint density at radius 2 is 2.07 bits per heavy atom. The lowest BCUT2D eigenvalue weighted by atomic mass is 10.4. The third-order valence-corrected chi connectivity index (χ3v) is 4.85. The summed E-state index contributed by atoms with van der Waals surface area (Å²) in [6, 6.07) is 3.87. The molecule has 1 rings (SSSR count). The average molecular weight is 248 g/mol. The summed E-state index contributed by atoms with van der Waals surface area (Å²) in [7, 11) is -1.86. The van der Waals surface area contributed by atoms with Crippen molar-refractivity contribution in [2.24, 2.45) is 0 Å². The Morgan fingerprint density at radius 1 is 1.40 bits per heavy atom. The first-order chi connectivity index (χ1) is 6.95. The first-order valence-corrected chi connectivity index (χ1v) is 7.01.